The molecule has 1 aromatic carbocycles. The predicted octanol–water partition coefficient (Wildman–Crippen LogP) is 0.631. The third-order valence-corrected chi connectivity index (χ3v) is 5.40. The third kappa shape index (κ3) is 2.77. The SMILES string of the molecule is COc1ccc(S(=O)(=O)N2CCC[C@H]2C(=O)O)cc1C(=O)O. The number of aliphatic carboxylic acids is 1. The first-order chi connectivity index (χ1) is 10.3. The highest BCUT2D eigenvalue weighted by atomic mass is 32.2. The van der Waals surface area contributed by atoms with Crippen molar-refractivity contribution in [3.8, 4) is 5.75 Å². The van der Waals surface area contributed by atoms with Gasteiger partial charge in [-0.25, -0.2) is 13.2 Å². The van der Waals surface area contributed by atoms with Crippen LogP contribution in [-0.4, -0.2) is 54.6 Å². The molecule has 1 aromatic rings. The number of carboxylic acid groups (broad SMARTS) is 2. The Kier molecular flexibility index (Phi) is 4.38. The number of aromatic carboxylic acids is 1. The first kappa shape index (κ1) is 16.2. The summed E-state index contributed by atoms with van der Waals surface area (Å²) in [6.45, 7) is 0.0910. The molecule has 1 aliphatic heterocycles. The normalized spacial score (nSPS) is 19.0. The fraction of sp³-hybridized carbons (Fsp3) is 0.385. The van der Waals surface area contributed by atoms with E-state index < -0.39 is 28.0 Å². The minimum atomic E-state index is -4.08. The maximum atomic E-state index is 12.6. The minimum absolute atomic E-state index is 0.0302. The fourth-order valence-electron chi connectivity index (χ4n) is 2.42. The molecule has 0 radical (unpaired) electrons. The number of nitrogens with zero attached hydrogens (tertiary/aromatic N) is 1. The van der Waals surface area contributed by atoms with Gasteiger partial charge < -0.3 is 14.9 Å². The van der Waals surface area contributed by atoms with Gasteiger partial charge in [0, 0.05) is 6.54 Å². The van der Waals surface area contributed by atoms with Crippen molar-refractivity contribution in [1.29, 1.82) is 0 Å². The van der Waals surface area contributed by atoms with Crippen molar-refractivity contribution < 1.29 is 33.0 Å². The first-order valence-corrected chi connectivity index (χ1v) is 7.89. The van der Waals surface area contributed by atoms with E-state index in [9.17, 15) is 18.0 Å². The van der Waals surface area contributed by atoms with Crippen LogP contribution in [0.4, 0.5) is 0 Å². The van der Waals surface area contributed by atoms with Gasteiger partial charge in [-0.2, -0.15) is 4.31 Å². The molecule has 0 spiro atoms. The number of carbonyl (C=O) groups is 2. The summed E-state index contributed by atoms with van der Waals surface area (Å²) in [5.41, 5.74) is -0.297. The second-order valence-electron chi connectivity index (χ2n) is 4.78. The number of methoxy groups -OCH3 is 1. The van der Waals surface area contributed by atoms with Crippen LogP contribution in [0.3, 0.4) is 0 Å². The van der Waals surface area contributed by atoms with Gasteiger partial charge in [0.05, 0.1) is 12.0 Å². The molecule has 1 fully saturated rings. The zero-order chi connectivity index (χ0) is 16.5. The fourth-order valence-corrected chi connectivity index (χ4v) is 4.10. The Morgan fingerprint density at radius 1 is 1.32 bits per heavy atom. The van der Waals surface area contributed by atoms with E-state index in [0.717, 1.165) is 10.4 Å². The molecule has 0 unspecified atom stereocenters. The molecule has 1 heterocycles. The van der Waals surface area contributed by atoms with Gasteiger partial charge in [-0.3, -0.25) is 4.79 Å². The highest BCUT2D eigenvalue weighted by Crippen LogP contribution is 2.29. The Hall–Kier alpha value is -2.13. The van der Waals surface area contributed by atoms with Crippen LogP contribution in [0.1, 0.15) is 23.2 Å². The van der Waals surface area contributed by atoms with Gasteiger partial charge in [0.1, 0.15) is 17.4 Å². The summed E-state index contributed by atoms with van der Waals surface area (Å²) < 4.78 is 30.9. The van der Waals surface area contributed by atoms with Crippen molar-refractivity contribution in [3.63, 3.8) is 0 Å². The molecule has 0 bridgehead atoms. The van der Waals surface area contributed by atoms with E-state index in [1.807, 2.05) is 0 Å². The zero-order valence-corrected chi connectivity index (χ0v) is 12.5. The Morgan fingerprint density at radius 2 is 2.00 bits per heavy atom. The van der Waals surface area contributed by atoms with Gasteiger partial charge in [-0.1, -0.05) is 0 Å². The van der Waals surface area contributed by atoms with Crippen LogP contribution in [0, 0.1) is 0 Å². The minimum Gasteiger partial charge on any atom is -0.496 e. The lowest BCUT2D eigenvalue weighted by Crippen LogP contribution is -2.40. The lowest BCUT2D eigenvalue weighted by Gasteiger charge is -2.21. The number of hydrogen-bond donors (Lipinski definition) is 2. The number of carboxylic acids is 2. The van der Waals surface area contributed by atoms with Crippen LogP contribution in [0.5, 0.6) is 5.75 Å². The highest BCUT2D eigenvalue weighted by molar-refractivity contribution is 7.89. The van der Waals surface area contributed by atoms with Gasteiger partial charge in [-0.05, 0) is 31.0 Å². The van der Waals surface area contributed by atoms with Gasteiger partial charge in [0.15, 0.2) is 0 Å². The molecule has 0 saturated carbocycles. The molecule has 22 heavy (non-hydrogen) atoms. The monoisotopic (exact) mass is 329 g/mol. The van der Waals surface area contributed by atoms with Crippen molar-refractivity contribution in [3.05, 3.63) is 23.8 Å². The topological polar surface area (TPSA) is 121 Å². The summed E-state index contributed by atoms with van der Waals surface area (Å²) in [4.78, 5) is 22.1. The summed E-state index contributed by atoms with van der Waals surface area (Å²) in [5.74, 6) is -2.51. The maximum absolute atomic E-state index is 12.6. The highest BCUT2D eigenvalue weighted by Gasteiger charge is 2.39. The van der Waals surface area contributed by atoms with E-state index in [-0.39, 0.29) is 29.2 Å². The van der Waals surface area contributed by atoms with Crippen molar-refractivity contribution in [2.24, 2.45) is 0 Å². The summed E-state index contributed by atoms with van der Waals surface area (Å²) in [6.07, 6.45) is 0.675. The lowest BCUT2D eigenvalue weighted by atomic mass is 10.2. The van der Waals surface area contributed by atoms with Crippen molar-refractivity contribution in [2.45, 2.75) is 23.8 Å². The smallest absolute Gasteiger partial charge is 0.339 e. The molecule has 0 aromatic heterocycles. The first-order valence-electron chi connectivity index (χ1n) is 6.45. The van der Waals surface area contributed by atoms with Gasteiger partial charge in [-0.15, -0.1) is 0 Å². The Balaban J connectivity index is 2.48. The second-order valence-corrected chi connectivity index (χ2v) is 6.67. The summed E-state index contributed by atoms with van der Waals surface area (Å²) in [5, 5.41) is 18.2. The Morgan fingerprint density at radius 3 is 2.55 bits per heavy atom. The molecule has 9 heteroatoms. The number of hydrogen-bond acceptors (Lipinski definition) is 5. The molecule has 1 saturated heterocycles. The van der Waals surface area contributed by atoms with Gasteiger partial charge in [0.25, 0.3) is 0 Å². The van der Waals surface area contributed by atoms with Crippen molar-refractivity contribution >= 4 is 22.0 Å². The van der Waals surface area contributed by atoms with Gasteiger partial charge in [0.2, 0.25) is 10.0 Å². The number of sulfonamides is 1. The molecule has 120 valence electrons. The molecule has 1 aliphatic rings. The second kappa shape index (κ2) is 5.93. The molecule has 8 nitrogen and oxygen atoms in total. The number of benzene rings is 1. The standard InChI is InChI=1S/C13H15NO7S/c1-21-11-5-4-8(7-9(11)12(15)16)22(19,20)14-6-2-3-10(14)13(17)18/h4-5,7,10H,2-3,6H2,1H3,(H,15,16)(H,17,18)/t10-/m0/s1. The maximum Gasteiger partial charge on any atom is 0.339 e. The molecule has 2 N–H and O–H groups in total. The molecular formula is C13H15NO7S. The molecule has 1 atom stereocenters. The van der Waals surface area contributed by atoms with Gasteiger partial charge >= 0.3 is 11.9 Å². The summed E-state index contributed by atoms with van der Waals surface area (Å²) in [7, 11) is -2.81. The molecule has 0 amide bonds. The molecule has 2 rings (SSSR count). The zero-order valence-electron chi connectivity index (χ0n) is 11.7. The van der Waals surface area contributed by atoms with Crippen LogP contribution >= 0.6 is 0 Å². The van der Waals surface area contributed by atoms with Crippen molar-refractivity contribution in [1.82, 2.24) is 4.31 Å². The van der Waals surface area contributed by atoms with Crippen LogP contribution in [0.25, 0.3) is 0 Å². The van der Waals surface area contributed by atoms with Crippen molar-refractivity contribution in [2.75, 3.05) is 13.7 Å². The number of rotatable bonds is 5. The van der Waals surface area contributed by atoms with Crippen LogP contribution in [0.15, 0.2) is 23.1 Å². The van der Waals surface area contributed by atoms with E-state index >= 15 is 0 Å². The Bertz CT molecular complexity index is 713. The van der Waals surface area contributed by atoms with E-state index in [1.165, 1.54) is 19.2 Å². The molecular weight excluding hydrogens is 314 g/mol. The quantitative estimate of drug-likeness (QED) is 0.812. The van der Waals surface area contributed by atoms with E-state index in [2.05, 4.69) is 0 Å². The van der Waals surface area contributed by atoms with Crippen LogP contribution in [0.2, 0.25) is 0 Å². The largest absolute Gasteiger partial charge is 0.496 e. The van der Waals surface area contributed by atoms with Crippen LogP contribution in [-0.2, 0) is 14.8 Å². The summed E-state index contributed by atoms with van der Waals surface area (Å²) in [6, 6.07) is 2.30. The van der Waals surface area contributed by atoms with E-state index in [0.29, 0.717) is 6.42 Å². The van der Waals surface area contributed by atoms with Crippen LogP contribution < -0.4 is 4.74 Å². The lowest BCUT2D eigenvalue weighted by molar-refractivity contribution is -0.140. The third-order valence-electron chi connectivity index (χ3n) is 3.50. The summed E-state index contributed by atoms with van der Waals surface area (Å²) >= 11 is 0. The van der Waals surface area contributed by atoms with E-state index in [1.54, 1.807) is 0 Å². The molecule has 0 aliphatic carbocycles. The Labute approximate surface area is 127 Å². The van der Waals surface area contributed by atoms with E-state index in [4.69, 9.17) is 14.9 Å². The predicted molar refractivity (Wildman–Crippen MR) is 74.5 cm³/mol. The number of ether oxygens (including phenoxy) is 1. The average Bonchev–Trinajstić information content (AvgIpc) is 2.96. The average molecular weight is 329 g/mol.